The second kappa shape index (κ2) is 7.41. The molecule has 22 heavy (non-hydrogen) atoms. The van der Waals surface area contributed by atoms with Gasteiger partial charge in [-0.25, -0.2) is 4.79 Å². The van der Waals surface area contributed by atoms with Gasteiger partial charge in [-0.15, -0.1) is 0 Å². The predicted octanol–water partition coefficient (Wildman–Crippen LogP) is 3.61. The van der Waals surface area contributed by atoms with Gasteiger partial charge in [0, 0.05) is 5.69 Å². The molecule has 0 aliphatic rings. The average Bonchev–Trinajstić information content (AvgIpc) is 2.55. The van der Waals surface area contributed by atoms with Crippen LogP contribution in [0.4, 0.5) is 5.69 Å². The van der Waals surface area contributed by atoms with Gasteiger partial charge >= 0.3 is 5.97 Å². The predicted molar refractivity (Wildman–Crippen MR) is 85.9 cm³/mol. The second-order valence-corrected chi connectivity index (χ2v) is 4.92. The molecule has 4 heteroatoms. The first-order valence-electron chi connectivity index (χ1n) is 7.24. The van der Waals surface area contributed by atoms with Crippen molar-refractivity contribution in [3.8, 4) is 0 Å². The Morgan fingerprint density at radius 3 is 2.27 bits per heavy atom. The van der Waals surface area contributed by atoms with E-state index in [9.17, 15) is 9.59 Å². The van der Waals surface area contributed by atoms with Crippen LogP contribution in [-0.4, -0.2) is 18.5 Å². The van der Waals surface area contributed by atoms with Crippen LogP contribution >= 0.6 is 0 Å². The van der Waals surface area contributed by atoms with Crippen LogP contribution in [0.3, 0.4) is 0 Å². The average molecular weight is 297 g/mol. The summed E-state index contributed by atoms with van der Waals surface area (Å²) >= 11 is 0. The minimum atomic E-state index is -0.363. The van der Waals surface area contributed by atoms with Crippen LogP contribution in [0.1, 0.15) is 35.7 Å². The maximum absolute atomic E-state index is 12.2. The lowest BCUT2D eigenvalue weighted by molar-refractivity contribution is -0.117. The van der Waals surface area contributed by atoms with E-state index in [1.807, 2.05) is 37.3 Å². The Bertz CT molecular complexity index is 635. The van der Waals surface area contributed by atoms with E-state index in [0.717, 1.165) is 5.56 Å². The van der Waals surface area contributed by atoms with Crippen molar-refractivity contribution in [2.75, 3.05) is 11.9 Å². The molecule has 0 saturated heterocycles. The van der Waals surface area contributed by atoms with E-state index >= 15 is 0 Å². The number of hydrogen-bond donors (Lipinski definition) is 1. The summed E-state index contributed by atoms with van der Waals surface area (Å²) in [5.74, 6) is -0.695. The van der Waals surface area contributed by atoms with Crippen LogP contribution in [0.25, 0.3) is 0 Å². The monoisotopic (exact) mass is 297 g/mol. The van der Waals surface area contributed by atoms with E-state index < -0.39 is 0 Å². The number of hydrogen-bond acceptors (Lipinski definition) is 3. The summed E-state index contributed by atoms with van der Waals surface area (Å²) in [5, 5.41) is 2.85. The quantitative estimate of drug-likeness (QED) is 0.858. The molecule has 0 radical (unpaired) electrons. The fraction of sp³-hybridized carbons (Fsp3) is 0.222. The first kappa shape index (κ1) is 15.8. The Morgan fingerprint density at radius 1 is 1.05 bits per heavy atom. The topological polar surface area (TPSA) is 55.4 Å². The van der Waals surface area contributed by atoms with Crippen molar-refractivity contribution >= 4 is 17.6 Å². The fourth-order valence-corrected chi connectivity index (χ4v) is 2.05. The van der Waals surface area contributed by atoms with Gasteiger partial charge in [-0.3, -0.25) is 4.79 Å². The maximum Gasteiger partial charge on any atom is 0.338 e. The first-order valence-corrected chi connectivity index (χ1v) is 7.24. The molecule has 0 unspecified atom stereocenters. The zero-order valence-corrected chi connectivity index (χ0v) is 12.7. The molecule has 1 atom stereocenters. The number of carbonyl (C=O) groups is 2. The van der Waals surface area contributed by atoms with Gasteiger partial charge < -0.3 is 10.1 Å². The van der Waals surface area contributed by atoms with Gasteiger partial charge in [0.05, 0.1) is 18.1 Å². The molecule has 0 bridgehead atoms. The van der Waals surface area contributed by atoms with Crippen molar-refractivity contribution in [3.63, 3.8) is 0 Å². The van der Waals surface area contributed by atoms with Crippen molar-refractivity contribution in [1.82, 2.24) is 0 Å². The van der Waals surface area contributed by atoms with Crippen LogP contribution < -0.4 is 5.32 Å². The van der Waals surface area contributed by atoms with Crippen molar-refractivity contribution in [2.45, 2.75) is 19.8 Å². The summed E-state index contributed by atoms with van der Waals surface area (Å²) in [6.07, 6.45) is 0. The third-order valence-corrected chi connectivity index (χ3v) is 3.36. The normalized spacial score (nSPS) is 11.5. The van der Waals surface area contributed by atoms with Gasteiger partial charge in [-0.2, -0.15) is 0 Å². The molecule has 1 amide bonds. The first-order chi connectivity index (χ1) is 10.6. The number of rotatable bonds is 5. The van der Waals surface area contributed by atoms with Gasteiger partial charge in [-0.1, -0.05) is 30.3 Å². The standard InChI is InChI=1S/C18H19NO3/c1-3-22-18(21)15-9-11-16(12-10-15)19-17(20)13(2)14-7-5-4-6-8-14/h4-13H,3H2,1-2H3,(H,19,20)/t13-/m1/s1. The van der Waals surface area contributed by atoms with Crippen LogP contribution in [0.2, 0.25) is 0 Å². The van der Waals surface area contributed by atoms with Crippen LogP contribution in [-0.2, 0) is 9.53 Å². The number of anilines is 1. The summed E-state index contributed by atoms with van der Waals surface area (Å²) in [6, 6.07) is 16.3. The van der Waals surface area contributed by atoms with E-state index in [-0.39, 0.29) is 17.8 Å². The molecule has 0 aromatic heterocycles. The molecule has 0 aliphatic heterocycles. The molecular weight excluding hydrogens is 278 g/mol. The van der Waals surface area contributed by atoms with Gasteiger partial charge in [0.25, 0.3) is 0 Å². The molecule has 0 aliphatic carbocycles. The zero-order chi connectivity index (χ0) is 15.9. The molecule has 0 saturated carbocycles. The molecule has 114 valence electrons. The summed E-state index contributed by atoms with van der Waals surface area (Å²) < 4.78 is 4.92. The zero-order valence-electron chi connectivity index (χ0n) is 12.7. The highest BCUT2D eigenvalue weighted by atomic mass is 16.5. The van der Waals surface area contributed by atoms with E-state index in [4.69, 9.17) is 4.74 Å². The minimum absolute atomic E-state index is 0.0879. The summed E-state index contributed by atoms with van der Waals surface area (Å²) in [6.45, 7) is 3.96. The Balaban J connectivity index is 2.01. The molecule has 0 spiro atoms. The molecule has 2 aromatic carbocycles. The molecule has 0 fully saturated rings. The number of benzene rings is 2. The van der Waals surface area contributed by atoms with Crippen molar-refractivity contribution < 1.29 is 14.3 Å². The molecule has 1 N–H and O–H groups in total. The Labute approximate surface area is 130 Å². The lowest BCUT2D eigenvalue weighted by Gasteiger charge is -2.12. The fourth-order valence-electron chi connectivity index (χ4n) is 2.05. The van der Waals surface area contributed by atoms with E-state index in [2.05, 4.69) is 5.32 Å². The molecule has 4 nitrogen and oxygen atoms in total. The van der Waals surface area contributed by atoms with Crippen LogP contribution in [0.5, 0.6) is 0 Å². The lowest BCUT2D eigenvalue weighted by atomic mass is 10.0. The molecule has 0 heterocycles. The van der Waals surface area contributed by atoms with Crippen molar-refractivity contribution in [1.29, 1.82) is 0 Å². The van der Waals surface area contributed by atoms with Crippen molar-refractivity contribution in [3.05, 3.63) is 65.7 Å². The highest BCUT2D eigenvalue weighted by molar-refractivity contribution is 5.96. The lowest BCUT2D eigenvalue weighted by Crippen LogP contribution is -2.18. The number of esters is 1. The number of ether oxygens (including phenoxy) is 1. The van der Waals surface area contributed by atoms with Gasteiger partial charge in [0.15, 0.2) is 0 Å². The second-order valence-electron chi connectivity index (χ2n) is 4.92. The van der Waals surface area contributed by atoms with Crippen molar-refractivity contribution in [2.24, 2.45) is 0 Å². The maximum atomic E-state index is 12.2. The minimum Gasteiger partial charge on any atom is -0.462 e. The Hall–Kier alpha value is -2.62. The number of carbonyl (C=O) groups excluding carboxylic acids is 2. The Morgan fingerprint density at radius 2 is 1.68 bits per heavy atom. The third-order valence-electron chi connectivity index (χ3n) is 3.36. The summed E-state index contributed by atoms with van der Waals surface area (Å²) in [7, 11) is 0. The Kier molecular flexibility index (Phi) is 5.31. The number of nitrogens with one attached hydrogen (secondary N) is 1. The van der Waals surface area contributed by atoms with Crippen LogP contribution in [0.15, 0.2) is 54.6 Å². The largest absolute Gasteiger partial charge is 0.462 e. The van der Waals surface area contributed by atoms with E-state index in [1.165, 1.54) is 0 Å². The molecule has 2 rings (SSSR count). The highest BCUT2D eigenvalue weighted by Crippen LogP contribution is 2.18. The summed E-state index contributed by atoms with van der Waals surface area (Å²) in [5.41, 5.74) is 2.08. The van der Waals surface area contributed by atoms with Gasteiger partial charge in [0.2, 0.25) is 5.91 Å². The summed E-state index contributed by atoms with van der Waals surface area (Å²) in [4.78, 5) is 23.8. The third kappa shape index (κ3) is 3.95. The highest BCUT2D eigenvalue weighted by Gasteiger charge is 2.15. The smallest absolute Gasteiger partial charge is 0.338 e. The van der Waals surface area contributed by atoms with Gasteiger partial charge in [0.1, 0.15) is 0 Å². The van der Waals surface area contributed by atoms with Gasteiger partial charge in [-0.05, 0) is 43.7 Å². The molecular formula is C18H19NO3. The SMILES string of the molecule is CCOC(=O)c1ccc(NC(=O)[C@H](C)c2ccccc2)cc1. The number of amides is 1. The van der Waals surface area contributed by atoms with E-state index in [1.54, 1.807) is 31.2 Å². The van der Waals surface area contributed by atoms with Crippen LogP contribution in [0, 0.1) is 0 Å². The molecule has 2 aromatic rings. The van der Waals surface area contributed by atoms with E-state index in [0.29, 0.717) is 17.9 Å².